The first kappa shape index (κ1) is 18.9. The Bertz CT molecular complexity index is 894. The van der Waals surface area contributed by atoms with Gasteiger partial charge >= 0.3 is 12.1 Å². The minimum atomic E-state index is -4.76. The zero-order valence-corrected chi connectivity index (χ0v) is 14.1. The number of halogens is 3. The summed E-state index contributed by atoms with van der Waals surface area (Å²) in [6.07, 6.45) is -2.77. The molecule has 2 aromatic rings. The summed E-state index contributed by atoms with van der Waals surface area (Å²) < 4.78 is 69.2. The van der Waals surface area contributed by atoms with Crippen LogP contribution in [0.1, 0.15) is 32.4 Å². The van der Waals surface area contributed by atoms with Crippen molar-refractivity contribution in [2.75, 3.05) is 13.4 Å². The molecule has 1 unspecified atom stereocenters. The number of sulfone groups is 1. The number of benzene rings is 1. The van der Waals surface area contributed by atoms with Crippen LogP contribution in [0.15, 0.2) is 42.6 Å². The minimum absolute atomic E-state index is 0.211. The van der Waals surface area contributed by atoms with Gasteiger partial charge in [-0.1, -0.05) is 18.2 Å². The molecule has 0 saturated heterocycles. The maximum absolute atomic E-state index is 13.3. The van der Waals surface area contributed by atoms with Crippen molar-refractivity contribution in [3.8, 4) is 0 Å². The van der Waals surface area contributed by atoms with Gasteiger partial charge in [-0.15, -0.1) is 0 Å². The van der Waals surface area contributed by atoms with Crippen molar-refractivity contribution in [3.05, 3.63) is 65.0 Å². The second-order valence-corrected chi connectivity index (χ2v) is 7.35. The summed E-state index contributed by atoms with van der Waals surface area (Å²) in [6, 6.07) is 6.92. The van der Waals surface area contributed by atoms with Gasteiger partial charge in [-0.3, -0.25) is 4.98 Å². The summed E-state index contributed by atoms with van der Waals surface area (Å²) in [5.41, 5.74) is -2.13. The molecule has 25 heavy (non-hydrogen) atoms. The highest BCUT2D eigenvalue weighted by molar-refractivity contribution is 7.91. The summed E-state index contributed by atoms with van der Waals surface area (Å²) in [4.78, 5) is 15.8. The van der Waals surface area contributed by atoms with Crippen LogP contribution in [0.2, 0.25) is 0 Å². The molecule has 0 amide bonds. The zero-order chi connectivity index (χ0) is 18.8. The predicted molar refractivity (Wildman–Crippen MR) is 83.7 cm³/mol. The molecule has 0 aliphatic carbocycles. The van der Waals surface area contributed by atoms with E-state index in [9.17, 15) is 26.4 Å². The van der Waals surface area contributed by atoms with Gasteiger partial charge in [-0.25, -0.2) is 13.2 Å². The smallest absolute Gasteiger partial charge is 0.416 e. The van der Waals surface area contributed by atoms with E-state index in [1.54, 1.807) is 0 Å². The summed E-state index contributed by atoms with van der Waals surface area (Å²) in [6.45, 7) is 0. The Hall–Kier alpha value is -2.42. The van der Waals surface area contributed by atoms with Crippen molar-refractivity contribution in [1.29, 1.82) is 0 Å². The molecule has 1 atom stereocenters. The van der Waals surface area contributed by atoms with Gasteiger partial charge in [0.2, 0.25) is 0 Å². The van der Waals surface area contributed by atoms with E-state index in [0.29, 0.717) is 0 Å². The monoisotopic (exact) mass is 373 g/mol. The average molecular weight is 373 g/mol. The number of esters is 1. The summed E-state index contributed by atoms with van der Waals surface area (Å²) in [7, 11) is -3.01. The Morgan fingerprint density at radius 2 is 1.80 bits per heavy atom. The van der Waals surface area contributed by atoms with Gasteiger partial charge in [0.25, 0.3) is 0 Å². The lowest BCUT2D eigenvalue weighted by Gasteiger charge is -2.21. The quantitative estimate of drug-likeness (QED) is 0.771. The highest BCUT2D eigenvalue weighted by atomic mass is 32.2. The molecule has 5 nitrogen and oxygen atoms in total. The highest BCUT2D eigenvalue weighted by Gasteiger charge is 2.40. The highest BCUT2D eigenvalue weighted by Crippen LogP contribution is 2.39. The molecular weight excluding hydrogens is 359 g/mol. The first-order valence-corrected chi connectivity index (χ1v) is 8.91. The van der Waals surface area contributed by atoms with Gasteiger partial charge in [-0.05, 0) is 23.8 Å². The third-order valence-corrected chi connectivity index (χ3v) is 4.80. The van der Waals surface area contributed by atoms with Crippen LogP contribution in [0.5, 0.6) is 0 Å². The summed E-state index contributed by atoms with van der Waals surface area (Å²) >= 11 is 0. The summed E-state index contributed by atoms with van der Waals surface area (Å²) in [5.74, 6) is -0.888. The lowest BCUT2D eigenvalue weighted by Crippen LogP contribution is -2.22. The van der Waals surface area contributed by atoms with Crippen LogP contribution in [0, 0.1) is 0 Å². The van der Waals surface area contributed by atoms with Crippen molar-refractivity contribution in [2.45, 2.75) is 11.4 Å². The zero-order valence-electron chi connectivity index (χ0n) is 13.2. The molecular formula is C16H14F3NO4S. The minimum Gasteiger partial charge on any atom is -0.465 e. The largest absolute Gasteiger partial charge is 0.465 e. The summed E-state index contributed by atoms with van der Waals surface area (Å²) in [5, 5.41) is -1.76. The number of hydrogen-bond acceptors (Lipinski definition) is 5. The molecule has 9 heteroatoms. The Kier molecular flexibility index (Phi) is 5.17. The number of rotatable bonds is 4. The lowest BCUT2D eigenvalue weighted by molar-refractivity contribution is -0.138. The average Bonchev–Trinajstić information content (AvgIpc) is 2.53. The Labute approximate surface area is 142 Å². The van der Waals surface area contributed by atoms with Gasteiger partial charge in [-0.2, -0.15) is 13.2 Å². The molecule has 0 aliphatic heterocycles. The molecule has 0 fully saturated rings. The maximum Gasteiger partial charge on any atom is 0.416 e. The fourth-order valence-corrected chi connectivity index (χ4v) is 3.73. The Morgan fingerprint density at radius 3 is 2.36 bits per heavy atom. The number of carbonyl (C=O) groups is 1. The molecule has 0 aliphatic rings. The van der Waals surface area contributed by atoms with E-state index in [4.69, 9.17) is 0 Å². The number of aromatic nitrogens is 1. The normalized spacial score (nSPS) is 13.3. The fraction of sp³-hybridized carbons (Fsp3) is 0.250. The number of methoxy groups -OCH3 is 1. The van der Waals surface area contributed by atoms with E-state index >= 15 is 0 Å². The second-order valence-electron chi connectivity index (χ2n) is 5.22. The van der Waals surface area contributed by atoms with E-state index in [0.717, 1.165) is 31.6 Å². The molecule has 1 heterocycles. The van der Waals surface area contributed by atoms with Crippen LogP contribution in [-0.2, 0) is 20.8 Å². The topological polar surface area (TPSA) is 73.3 Å². The fourth-order valence-electron chi connectivity index (χ4n) is 2.47. The molecule has 2 rings (SSSR count). The Morgan fingerprint density at radius 1 is 1.16 bits per heavy atom. The second kappa shape index (κ2) is 6.83. The number of alkyl halides is 3. The molecule has 1 aromatic carbocycles. The lowest BCUT2D eigenvalue weighted by atomic mass is 9.99. The molecule has 1 aromatic heterocycles. The Balaban J connectivity index is 2.81. The van der Waals surface area contributed by atoms with Crippen LogP contribution in [0.3, 0.4) is 0 Å². The van der Waals surface area contributed by atoms with Crippen LogP contribution in [0.25, 0.3) is 0 Å². The number of pyridine rings is 1. The number of hydrogen-bond donors (Lipinski definition) is 0. The standard InChI is InChI=1S/C16H14F3NO4S/c1-24-15(21)11-7-5-9-20-13(11)14(25(2,22)23)10-6-3-4-8-12(10)16(17,18)19/h3-9,14H,1-2H3. The van der Waals surface area contributed by atoms with Crippen molar-refractivity contribution >= 4 is 15.8 Å². The molecule has 0 spiro atoms. The first-order chi connectivity index (χ1) is 11.6. The van der Waals surface area contributed by atoms with Crippen molar-refractivity contribution in [3.63, 3.8) is 0 Å². The van der Waals surface area contributed by atoms with Gasteiger partial charge in [0.05, 0.1) is 23.9 Å². The molecule has 134 valence electrons. The van der Waals surface area contributed by atoms with Crippen LogP contribution in [0.4, 0.5) is 13.2 Å². The van der Waals surface area contributed by atoms with E-state index in [1.165, 1.54) is 24.4 Å². The molecule has 0 bridgehead atoms. The van der Waals surface area contributed by atoms with Crippen LogP contribution < -0.4 is 0 Å². The first-order valence-electron chi connectivity index (χ1n) is 6.95. The third kappa shape index (κ3) is 3.98. The van der Waals surface area contributed by atoms with E-state index in [1.807, 2.05) is 0 Å². The van der Waals surface area contributed by atoms with Crippen LogP contribution >= 0.6 is 0 Å². The van der Waals surface area contributed by atoms with Gasteiger partial charge in [0.1, 0.15) is 5.25 Å². The molecule has 0 N–H and O–H groups in total. The molecule has 0 radical (unpaired) electrons. The van der Waals surface area contributed by atoms with E-state index in [2.05, 4.69) is 9.72 Å². The predicted octanol–water partition coefficient (Wildman–Crippen LogP) is 3.02. The van der Waals surface area contributed by atoms with Crippen LogP contribution in [-0.4, -0.2) is 32.7 Å². The van der Waals surface area contributed by atoms with E-state index < -0.39 is 38.4 Å². The van der Waals surface area contributed by atoms with Crippen molar-refractivity contribution in [2.24, 2.45) is 0 Å². The molecule has 0 saturated carbocycles. The van der Waals surface area contributed by atoms with Gasteiger partial charge in [0, 0.05) is 12.5 Å². The SMILES string of the molecule is COC(=O)c1cccnc1C(c1ccccc1C(F)(F)F)S(C)(=O)=O. The maximum atomic E-state index is 13.3. The number of ether oxygens (including phenoxy) is 1. The number of nitrogens with zero attached hydrogens (tertiary/aromatic N) is 1. The van der Waals surface area contributed by atoms with E-state index in [-0.39, 0.29) is 11.3 Å². The number of carbonyl (C=O) groups excluding carboxylic acids is 1. The third-order valence-electron chi connectivity index (χ3n) is 3.47. The van der Waals surface area contributed by atoms with Crippen molar-refractivity contribution in [1.82, 2.24) is 4.98 Å². The van der Waals surface area contributed by atoms with Gasteiger partial charge in [0.15, 0.2) is 9.84 Å². The van der Waals surface area contributed by atoms with Gasteiger partial charge < -0.3 is 4.74 Å². The van der Waals surface area contributed by atoms with Crippen molar-refractivity contribution < 1.29 is 31.1 Å².